The predicted molar refractivity (Wildman–Crippen MR) is 162 cm³/mol. The minimum Gasteiger partial charge on any atom is -0.331 e. The van der Waals surface area contributed by atoms with E-state index in [4.69, 9.17) is 20.0 Å². The van der Waals surface area contributed by atoms with Crippen molar-refractivity contribution in [1.29, 1.82) is 0 Å². The summed E-state index contributed by atoms with van der Waals surface area (Å²) in [5.41, 5.74) is 8.17. The molecule has 0 unspecified atom stereocenters. The first-order valence-electron chi connectivity index (χ1n) is 14.3. The van der Waals surface area contributed by atoms with Crippen LogP contribution in [0.3, 0.4) is 0 Å². The molecular weight excluding hydrogens is 524 g/mol. The highest BCUT2D eigenvalue weighted by atomic mass is 16.2. The first kappa shape index (κ1) is 26.0. The van der Waals surface area contributed by atoms with Crippen LogP contribution in [0.4, 0.5) is 11.4 Å². The van der Waals surface area contributed by atoms with Gasteiger partial charge in [0.1, 0.15) is 11.4 Å². The maximum Gasteiger partial charge on any atom is 0.272 e. The molecule has 0 N–H and O–H groups in total. The second kappa shape index (κ2) is 10.4. The van der Waals surface area contributed by atoms with E-state index in [0.717, 1.165) is 33.9 Å². The van der Waals surface area contributed by atoms with E-state index in [1.807, 2.05) is 84.3 Å². The molecule has 208 valence electrons. The van der Waals surface area contributed by atoms with Gasteiger partial charge < -0.3 is 9.80 Å². The minimum absolute atomic E-state index is 0.140. The molecule has 5 heterocycles. The molecule has 42 heavy (non-hydrogen) atoms. The molecule has 2 amide bonds. The number of amides is 2. The third kappa shape index (κ3) is 4.59. The number of piperazine rings is 1. The second-order valence-corrected chi connectivity index (χ2v) is 11.0. The standard InChI is InChI=1S/C34H30N6O2/c1-21-22(2)40(34(42)30-16-8-14-28(38-30)32-20-24-10-4-6-12-26(24)36-32)18-17-39(21)33(41)29-15-7-13-27(37-29)31-19-23-9-3-5-11-25(23)35-31/h3-16,21-22H,17-20H2,1-2H3/t21-,22+. The summed E-state index contributed by atoms with van der Waals surface area (Å²) in [5, 5.41) is 0. The summed E-state index contributed by atoms with van der Waals surface area (Å²) in [4.78, 5) is 49.9. The Kier molecular flexibility index (Phi) is 6.46. The molecule has 4 aromatic rings. The van der Waals surface area contributed by atoms with Gasteiger partial charge in [-0.2, -0.15) is 0 Å². The van der Waals surface area contributed by atoms with E-state index in [9.17, 15) is 9.59 Å². The van der Waals surface area contributed by atoms with Crippen LogP contribution in [0.2, 0.25) is 0 Å². The van der Waals surface area contributed by atoms with E-state index in [0.29, 0.717) is 48.7 Å². The topological polar surface area (TPSA) is 91.1 Å². The highest BCUT2D eigenvalue weighted by molar-refractivity contribution is 6.07. The summed E-state index contributed by atoms with van der Waals surface area (Å²) in [6.07, 6.45) is 1.40. The van der Waals surface area contributed by atoms with Gasteiger partial charge >= 0.3 is 0 Å². The summed E-state index contributed by atoms with van der Waals surface area (Å²) in [6.45, 7) is 4.79. The molecular formula is C34H30N6O2. The number of aromatic nitrogens is 2. The molecule has 3 aliphatic rings. The van der Waals surface area contributed by atoms with Gasteiger partial charge in [0.15, 0.2) is 0 Å². The average Bonchev–Trinajstić information content (AvgIpc) is 3.67. The zero-order chi connectivity index (χ0) is 28.8. The van der Waals surface area contributed by atoms with Crippen molar-refractivity contribution in [3.63, 3.8) is 0 Å². The summed E-state index contributed by atoms with van der Waals surface area (Å²) < 4.78 is 0. The van der Waals surface area contributed by atoms with Crippen LogP contribution in [0.5, 0.6) is 0 Å². The number of benzene rings is 2. The fraction of sp³-hybridized carbons (Fsp3) is 0.235. The van der Waals surface area contributed by atoms with Gasteiger partial charge in [0.25, 0.3) is 11.8 Å². The lowest BCUT2D eigenvalue weighted by Gasteiger charge is -2.44. The Morgan fingerprint density at radius 3 is 1.45 bits per heavy atom. The van der Waals surface area contributed by atoms with E-state index >= 15 is 0 Å². The number of para-hydroxylation sites is 2. The fourth-order valence-corrected chi connectivity index (χ4v) is 6.01. The van der Waals surface area contributed by atoms with E-state index in [-0.39, 0.29) is 23.9 Å². The van der Waals surface area contributed by atoms with Crippen molar-refractivity contribution >= 4 is 34.6 Å². The van der Waals surface area contributed by atoms with Crippen LogP contribution < -0.4 is 0 Å². The monoisotopic (exact) mass is 554 g/mol. The number of carbonyl (C=O) groups excluding carboxylic acids is 2. The van der Waals surface area contributed by atoms with Gasteiger partial charge in [-0.15, -0.1) is 0 Å². The van der Waals surface area contributed by atoms with Crippen molar-refractivity contribution < 1.29 is 9.59 Å². The molecule has 0 saturated carbocycles. The Labute approximate surface area is 244 Å². The zero-order valence-corrected chi connectivity index (χ0v) is 23.6. The number of hydrogen-bond acceptors (Lipinski definition) is 6. The summed E-state index contributed by atoms with van der Waals surface area (Å²) in [5.74, 6) is -0.281. The molecule has 2 aromatic heterocycles. The Balaban J connectivity index is 1.05. The van der Waals surface area contributed by atoms with Crippen molar-refractivity contribution in [2.75, 3.05) is 13.1 Å². The van der Waals surface area contributed by atoms with Crippen molar-refractivity contribution in [2.24, 2.45) is 9.98 Å². The summed E-state index contributed by atoms with van der Waals surface area (Å²) in [7, 11) is 0. The molecule has 1 saturated heterocycles. The lowest BCUT2D eigenvalue weighted by molar-refractivity contribution is 0.0235. The van der Waals surface area contributed by atoms with Crippen molar-refractivity contribution in [1.82, 2.24) is 19.8 Å². The fourth-order valence-electron chi connectivity index (χ4n) is 6.01. The second-order valence-electron chi connectivity index (χ2n) is 11.0. The number of aliphatic imine (C=N–C) groups is 2. The molecule has 1 fully saturated rings. The van der Waals surface area contributed by atoms with Gasteiger partial charge in [0.2, 0.25) is 0 Å². The van der Waals surface area contributed by atoms with Crippen molar-refractivity contribution in [2.45, 2.75) is 38.8 Å². The predicted octanol–water partition coefficient (Wildman–Crippen LogP) is 5.21. The SMILES string of the molecule is C[C@@H]1[C@H](C)N(C(=O)c2cccc(C3=Nc4ccccc4C3)n2)CCN1C(=O)c1cccc(C2=Nc3ccccc3C2)n1. The number of carbonyl (C=O) groups is 2. The Morgan fingerprint density at radius 2 is 1.02 bits per heavy atom. The molecule has 2 atom stereocenters. The Morgan fingerprint density at radius 1 is 0.595 bits per heavy atom. The lowest BCUT2D eigenvalue weighted by atomic mass is 10.0. The molecule has 7 rings (SSSR count). The van der Waals surface area contributed by atoms with Crippen LogP contribution >= 0.6 is 0 Å². The van der Waals surface area contributed by atoms with E-state index in [2.05, 4.69) is 12.1 Å². The quantitative estimate of drug-likeness (QED) is 0.347. The number of rotatable bonds is 4. The summed E-state index contributed by atoms with van der Waals surface area (Å²) in [6, 6.07) is 26.7. The van der Waals surface area contributed by atoms with E-state index in [1.165, 1.54) is 0 Å². The third-order valence-electron chi connectivity index (χ3n) is 8.52. The third-order valence-corrected chi connectivity index (χ3v) is 8.52. The van der Waals surface area contributed by atoms with Crippen LogP contribution in [0.25, 0.3) is 0 Å². The van der Waals surface area contributed by atoms with Crippen LogP contribution in [-0.2, 0) is 12.8 Å². The zero-order valence-electron chi connectivity index (χ0n) is 23.6. The van der Waals surface area contributed by atoms with Crippen molar-refractivity contribution in [3.05, 3.63) is 119 Å². The largest absolute Gasteiger partial charge is 0.331 e. The van der Waals surface area contributed by atoms with E-state index in [1.54, 1.807) is 12.1 Å². The molecule has 2 aromatic carbocycles. The lowest BCUT2D eigenvalue weighted by Crippen LogP contribution is -2.60. The molecule has 0 radical (unpaired) electrons. The molecule has 8 nitrogen and oxygen atoms in total. The highest BCUT2D eigenvalue weighted by Crippen LogP contribution is 2.29. The van der Waals surface area contributed by atoms with E-state index < -0.39 is 0 Å². The van der Waals surface area contributed by atoms with Crippen LogP contribution in [0.1, 0.15) is 57.3 Å². The number of pyridine rings is 2. The Hall–Kier alpha value is -4.98. The summed E-state index contributed by atoms with van der Waals surface area (Å²) >= 11 is 0. The molecule has 0 bridgehead atoms. The van der Waals surface area contributed by atoms with Gasteiger partial charge in [-0.1, -0.05) is 48.5 Å². The smallest absolute Gasteiger partial charge is 0.272 e. The molecule has 3 aliphatic heterocycles. The average molecular weight is 555 g/mol. The maximum atomic E-state index is 13.7. The molecule has 8 heteroatoms. The maximum absolute atomic E-state index is 13.7. The van der Waals surface area contributed by atoms with Crippen LogP contribution in [0, 0.1) is 0 Å². The Bertz CT molecular complexity index is 1660. The highest BCUT2D eigenvalue weighted by Gasteiger charge is 2.37. The number of hydrogen-bond donors (Lipinski definition) is 0. The van der Waals surface area contributed by atoms with Gasteiger partial charge in [-0.25, -0.2) is 9.97 Å². The van der Waals surface area contributed by atoms with Gasteiger partial charge in [-0.05, 0) is 61.4 Å². The molecule has 0 spiro atoms. The normalized spacial score (nSPS) is 19.2. The first-order chi connectivity index (χ1) is 20.5. The van der Waals surface area contributed by atoms with Gasteiger partial charge in [-0.3, -0.25) is 19.6 Å². The van der Waals surface area contributed by atoms with Gasteiger partial charge in [0, 0.05) is 38.0 Å². The molecule has 0 aliphatic carbocycles. The number of nitrogens with zero attached hydrogens (tertiary/aromatic N) is 6. The number of fused-ring (bicyclic) bond motifs is 2. The minimum atomic E-state index is -0.203. The first-order valence-corrected chi connectivity index (χ1v) is 14.3. The van der Waals surface area contributed by atoms with Crippen LogP contribution in [-0.4, -0.2) is 68.2 Å². The van der Waals surface area contributed by atoms with Gasteiger partial charge in [0.05, 0.1) is 34.2 Å². The van der Waals surface area contributed by atoms with Crippen LogP contribution in [0.15, 0.2) is 94.9 Å². The van der Waals surface area contributed by atoms with Crippen molar-refractivity contribution in [3.8, 4) is 0 Å².